The summed E-state index contributed by atoms with van der Waals surface area (Å²) < 4.78 is 46.7. The Balaban J connectivity index is 0.00000784. The van der Waals surface area contributed by atoms with Gasteiger partial charge in [-0.25, -0.2) is 4.99 Å². The Bertz CT molecular complexity index is 584. The molecule has 0 aliphatic carbocycles. The first kappa shape index (κ1) is 27.9. The molecule has 0 aliphatic rings. The lowest BCUT2D eigenvalue weighted by molar-refractivity contribution is -0.176. The smallest absolute Gasteiger partial charge is 0.381 e. The molecule has 0 heterocycles. The minimum absolute atomic E-state index is 0. The fraction of sp³-hybridized carbons (Fsp3) is 0.650. The number of hydrogen-bond donors (Lipinski definition) is 2. The molecule has 5 nitrogen and oxygen atoms in total. The number of ether oxygens (including phenoxy) is 2. The van der Waals surface area contributed by atoms with E-state index in [0.717, 1.165) is 31.7 Å². The summed E-state index contributed by atoms with van der Waals surface area (Å²) in [5.41, 5.74) is 1.60. The van der Waals surface area contributed by atoms with Gasteiger partial charge >= 0.3 is 6.18 Å². The van der Waals surface area contributed by atoms with Crippen molar-refractivity contribution in [3.8, 4) is 0 Å². The highest BCUT2D eigenvalue weighted by atomic mass is 127. The Kier molecular flexibility index (Phi) is 15.1. The van der Waals surface area contributed by atoms with Crippen molar-refractivity contribution < 1.29 is 22.6 Å². The highest BCUT2D eigenvalue weighted by Gasteiger charge is 2.27. The molecule has 0 aliphatic heterocycles. The molecule has 29 heavy (non-hydrogen) atoms. The number of nitrogens with one attached hydrogen (secondary N) is 2. The Morgan fingerprint density at radius 3 is 2.52 bits per heavy atom. The number of aliphatic imine (C=N–C) groups is 1. The molecule has 0 saturated carbocycles. The minimum atomic E-state index is -4.31. The Morgan fingerprint density at radius 1 is 1.14 bits per heavy atom. The molecular weight excluding hydrogens is 498 g/mol. The Labute approximate surface area is 188 Å². The Hall–Kier alpha value is -1.07. The van der Waals surface area contributed by atoms with Gasteiger partial charge < -0.3 is 20.1 Å². The fourth-order valence-corrected chi connectivity index (χ4v) is 2.31. The lowest BCUT2D eigenvalue weighted by atomic mass is 10.1. The third kappa shape index (κ3) is 15.4. The summed E-state index contributed by atoms with van der Waals surface area (Å²) in [6.07, 6.45) is -3.43. The first-order valence-corrected chi connectivity index (χ1v) is 9.62. The molecule has 0 radical (unpaired) electrons. The molecule has 9 heteroatoms. The molecule has 2 N–H and O–H groups in total. The van der Waals surface area contributed by atoms with Crippen LogP contribution in [0, 0.1) is 5.92 Å². The van der Waals surface area contributed by atoms with Gasteiger partial charge in [-0.2, -0.15) is 13.2 Å². The zero-order valence-corrected chi connectivity index (χ0v) is 19.7. The summed E-state index contributed by atoms with van der Waals surface area (Å²) in [6, 6.07) is 7.23. The van der Waals surface area contributed by atoms with Crippen molar-refractivity contribution in [2.45, 2.75) is 46.5 Å². The summed E-state index contributed by atoms with van der Waals surface area (Å²) in [6.45, 7) is 8.26. The van der Waals surface area contributed by atoms with Gasteiger partial charge in [0.1, 0.15) is 6.61 Å². The molecular formula is C20H33F3IN3O2. The molecule has 0 fully saturated rings. The molecule has 0 amide bonds. The van der Waals surface area contributed by atoms with Crippen molar-refractivity contribution in [1.29, 1.82) is 0 Å². The van der Waals surface area contributed by atoms with Crippen LogP contribution in [-0.4, -0.2) is 45.0 Å². The van der Waals surface area contributed by atoms with E-state index in [9.17, 15) is 13.2 Å². The van der Waals surface area contributed by atoms with E-state index in [0.29, 0.717) is 30.6 Å². The molecule has 168 valence electrons. The normalized spacial score (nSPS) is 12.0. The molecule has 0 bridgehead atoms. The predicted octanol–water partition coefficient (Wildman–Crippen LogP) is 4.50. The quantitative estimate of drug-likeness (QED) is 0.181. The largest absolute Gasteiger partial charge is 0.411 e. The molecule has 1 aromatic carbocycles. The second-order valence-corrected chi connectivity index (χ2v) is 6.87. The van der Waals surface area contributed by atoms with Gasteiger partial charge in [0.15, 0.2) is 5.96 Å². The maximum absolute atomic E-state index is 12.2. The Morgan fingerprint density at radius 2 is 1.86 bits per heavy atom. The molecule has 0 saturated heterocycles. The lowest BCUT2D eigenvalue weighted by Gasteiger charge is -2.12. The number of guanidine groups is 1. The average molecular weight is 531 g/mol. The summed E-state index contributed by atoms with van der Waals surface area (Å²) in [5.74, 6) is 1.23. The van der Waals surface area contributed by atoms with Crippen LogP contribution in [0.4, 0.5) is 13.2 Å². The van der Waals surface area contributed by atoms with Crippen molar-refractivity contribution >= 4 is 29.9 Å². The van der Waals surface area contributed by atoms with Crippen LogP contribution in [0.2, 0.25) is 0 Å². The third-order valence-electron chi connectivity index (χ3n) is 3.50. The van der Waals surface area contributed by atoms with Crippen LogP contribution >= 0.6 is 24.0 Å². The van der Waals surface area contributed by atoms with Crippen LogP contribution in [0.1, 0.15) is 38.3 Å². The maximum Gasteiger partial charge on any atom is 0.411 e. The van der Waals surface area contributed by atoms with Gasteiger partial charge in [-0.1, -0.05) is 38.1 Å². The van der Waals surface area contributed by atoms with Crippen LogP contribution in [0.25, 0.3) is 0 Å². The standard InChI is InChI=1S/C20H32F3N3O2.HI/c1-4-24-19(25-9-6-10-27-13-16(2)3)26-12-17-7-5-8-18(11-17)14-28-15-20(21,22)23;/h5,7-8,11,16H,4,6,9-10,12-15H2,1-3H3,(H2,24,25,26);1H. The van der Waals surface area contributed by atoms with Gasteiger partial charge in [-0.3, -0.25) is 0 Å². The van der Waals surface area contributed by atoms with Gasteiger partial charge in [0, 0.05) is 26.3 Å². The van der Waals surface area contributed by atoms with Crippen molar-refractivity contribution in [2.75, 3.05) is 32.9 Å². The first-order valence-electron chi connectivity index (χ1n) is 9.62. The van der Waals surface area contributed by atoms with E-state index in [1.54, 1.807) is 12.1 Å². The van der Waals surface area contributed by atoms with Gasteiger partial charge in [-0.05, 0) is 30.4 Å². The number of rotatable bonds is 12. The molecule has 0 atom stereocenters. The van der Waals surface area contributed by atoms with Crippen molar-refractivity contribution in [3.05, 3.63) is 35.4 Å². The van der Waals surface area contributed by atoms with Crippen LogP contribution in [0.3, 0.4) is 0 Å². The lowest BCUT2D eigenvalue weighted by Crippen LogP contribution is -2.38. The minimum Gasteiger partial charge on any atom is -0.381 e. The molecule has 1 aromatic rings. The number of alkyl halides is 3. The zero-order valence-electron chi connectivity index (χ0n) is 17.3. The SMILES string of the molecule is CCNC(=NCc1cccc(COCC(F)(F)F)c1)NCCCOCC(C)C.I. The van der Waals surface area contributed by atoms with Gasteiger partial charge in [-0.15, -0.1) is 24.0 Å². The number of halogens is 4. The maximum atomic E-state index is 12.2. The van der Waals surface area contributed by atoms with Crippen molar-refractivity contribution in [1.82, 2.24) is 10.6 Å². The van der Waals surface area contributed by atoms with E-state index >= 15 is 0 Å². The van der Waals surface area contributed by atoms with Crippen LogP contribution in [0.15, 0.2) is 29.3 Å². The summed E-state index contributed by atoms with van der Waals surface area (Å²) in [4.78, 5) is 4.52. The predicted molar refractivity (Wildman–Crippen MR) is 121 cm³/mol. The third-order valence-corrected chi connectivity index (χ3v) is 3.50. The number of nitrogens with zero attached hydrogens (tertiary/aromatic N) is 1. The van der Waals surface area contributed by atoms with Gasteiger partial charge in [0.05, 0.1) is 13.2 Å². The topological polar surface area (TPSA) is 54.9 Å². The summed E-state index contributed by atoms with van der Waals surface area (Å²) >= 11 is 0. The van der Waals surface area contributed by atoms with E-state index in [-0.39, 0.29) is 30.6 Å². The molecule has 1 rings (SSSR count). The van der Waals surface area contributed by atoms with Crippen LogP contribution in [-0.2, 0) is 22.6 Å². The zero-order chi connectivity index (χ0) is 20.8. The number of benzene rings is 1. The summed E-state index contributed by atoms with van der Waals surface area (Å²) in [7, 11) is 0. The fourth-order valence-electron chi connectivity index (χ4n) is 2.31. The average Bonchev–Trinajstić information content (AvgIpc) is 2.61. The first-order chi connectivity index (χ1) is 13.3. The van der Waals surface area contributed by atoms with E-state index in [2.05, 4.69) is 29.5 Å². The number of hydrogen-bond acceptors (Lipinski definition) is 3. The monoisotopic (exact) mass is 531 g/mol. The van der Waals surface area contributed by atoms with E-state index < -0.39 is 12.8 Å². The van der Waals surface area contributed by atoms with Crippen molar-refractivity contribution in [3.63, 3.8) is 0 Å². The van der Waals surface area contributed by atoms with E-state index in [4.69, 9.17) is 9.47 Å². The molecule has 0 aromatic heterocycles. The molecule has 0 unspecified atom stereocenters. The summed E-state index contributed by atoms with van der Waals surface area (Å²) in [5, 5.41) is 6.43. The highest BCUT2D eigenvalue weighted by Crippen LogP contribution is 2.16. The van der Waals surface area contributed by atoms with E-state index in [1.165, 1.54) is 0 Å². The van der Waals surface area contributed by atoms with E-state index in [1.807, 2.05) is 19.1 Å². The van der Waals surface area contributed by atoms with Crippen LogP contribution in [0.5, 0.6) is 0 Å². The van der Waals surface area contributed by atoms with Gasteiger partial charge in [0.2, 0.25) is 0 Å². The highest BCUT2D eigenvalue weighted by molar-refractivity contribution is 14.0. The molecule has 0 spiro atoms. The van der Waals surface area contributed by atoms with Gasteiger partial charge in [0.25, 0.3) is 0 Å². The second-order valence-electron chi connectivity index (χ2n) is 6.87. The second kappa shape index (κ2) is 15.7. The van der Waals surface area contributed by atoms with Crippen molar-refractivity contribution in [2.24, 2.45) is 10.9 Å². The van der Waals surface area contributed by atoms with Crippen LogP contribution < -0.4 is 10.6 Å².